The second-order valence-corrected chi connectivity index (χ2v) is 8.16. The van der Waals surface area contributed by atoms with E-state index in [1.165, 1.54) is 63.6 Å². The molecule has 0 amide bonds. The number of likely N-dealkylation sites (tertiary alicyclic amines) is 1. The van der Waals surface area contributed by atoms with Gasteiger partial charge in [-0.2, -0.15) is 0 Å². The zero-order valence-corrected chi connectivity index (χ0v) is 15.1. The first-order chi connectivity index (χ1) is 11.8. The van der Waals surface area contributed by atoms with Gasteiger partial charge >= 0.3 is 0 Å². The van der Waals surface area contributed by atoms with Crippen LogP contribution in [0.1, 0.15) is 50.5 Å². The number of nitrogens with zero attached hydrogens (tertiary/aromatic N) is 2. The summed E-state index contributed by atoms with van der Waals surface area (Å²) in [5.74, 6) is 0. The molecule has 1 aliphatic carbocycles. The summed E-state index contributed by atoms with van der Waals surface area (Å²) in [6, 6.07) is 12.3. The number of ether oxygens (including phenoxy) is 1. The maximum atomic E-state index is 6.27. The molecular formula is C21H32N2O. The normalized spacial score (nSPS) is 34.4. The molecule has 0 aromatic heterocycles. The van der Waals surface area contributed by atoms with Crippen LogP contribution in [0, 0.1) is 0 Å². The first-order valence-electron chi connectivity index (χ1n) is 9.88. The summed E-state index contributed by atoms with van der Waals surface area (Å²) in [4.78, 5) is 5.38. The van der Waals surface area contributed by atoms with E-state index in [4.69, 9.17) is 4.74 Å². The lowest BCUT2D eigenvalue weighted by molar-refractivity contribution is -0.0731. The molecule has 2 aliphatic heterocycles. The van der Waals surface area contributed by atoms with Crippen molar-refractivity contribution in [1.29, 1.82) is 0 Å². The number of rotatable bonds is 4. The molecule has 3 heteroatoms. The highest BCUT2D eigenvalue weighted by Gasteiger charge is 2.46. The molecular weight excluding hydrogens is 296 g/mol. The average molecular weight is 329 g/mol. The van der Waals surface area contributed by atoms with Crippen molar-refractivity contribution in [2.75, 3.05) is 26.7 Å². The minimum absolute atomic E-state index is 0.206. The Kier molecular flexibility index (Phi) is 4.93. The van der Waals surface area contributed by atoms with Crippen LogP contribution in [-0.2, 0) is 11.3 Å². The molecule has 1 spiro atoms. The van der Waals surface area contributed by atoms with Crippen molar-refractivity contribution < 1.29 is 4.74 Å². The van der Waals surface area contributed by atoms with Crippen molar-refractivity contribution >= 4 is 0 Å². The summed E-state index contributed by atoms with van der Waals surface area (Å²) >= 11 is 0. The van der Waals surface area contributed by atoms with Crippen LogP contribution in [0.25, 0.3) is 0 Å². The lowest BCUT2D eigenvalue weighted by atomic mass is 9.76. The number of likely N-dealkylation sites (N-methyl/N-ethyl adjacent to an activating group) is 1. The topological polar surface area (TPSA) is 15.7 Å². The third kappa shape index (κ3) is 3.40. The molecule has 0 N–H and O–H groups in total. The van der Waals surface area contributed by atoms with Gasteiger partial charge in [-0.15, -0.1) is 0 Å². The molecule has 1 aromatic carbocycles. The van der Waals surface area contributed by atoms with E-state index in [2.05, 4.69) is 47.2 Å². The molecule has 2 heterocycles. The number of benzene rings is 1. The highest BCUT2D eigenvalue weighted by Crippen LogP contribution is 2.43. The highest BCUT2D eigenvalue weighted by atomic mass is 16.5. The monoisotopic (exact) mass is 328 g/mol. The average Bonchev–Trinajstić information content (AvgIpc) is 3.28. The molecule has 24 heavy (non-hydrogen) atoms. The number of hydrogen-bond acceptors (Lipinski definition) is 3. The largest absolute Gasteiger partial charge is 0.375 e. The molecule has 1 aromatic rings. The Balaban J connectivity index is 1.49. The summed E-state index contributed by atoms with van der Waals surface area (Å²) < 4.78 is 6.27. The van der Waals surface area contributed by atoms with Gasteiger partial charge in [-0.05, 0) is 70.6 Å². The summed E-state index contributed by atoms with van der Waals surface area (Å²) in [6.07, 6.45) is 9.07. The zero-order chi connectivity index (χ0) is 16.4. The Morgan fingerprint density at radius 3 is 2.62 bits per heavy atom. The van der Waals surface area contributed by atoms with Gasteiger partial charge in [0.1, 0.15) is 0 Å². The van der Waals surface area contributed by atoms with E-state index in [1.54, 1.807) is 0 Å². The van der Waals surface area contributed by atoms with E-state index in [-0.39, 0.29) is 5.60 Å². The standard InChI is InChI=1S/C21H32N2O/c1-22(17-18-8-3-2-4-9-18)19-10-12-21(11-7-15-24-21)16-20(19)23-13-5-6-14-23/h2-4,8-9,19-20H,5-7,10-17H2,1H3/t19-,20-,21+/m0/s1. The van der Waals surface area contributed by atoms with Crippen LogP contribution in [0.4, 0.5) is 0 Å². The van der Waals surface area contributed by atoms with E-state index in [1.807, 2.05) is 0 Å². The molecule has 3 nitrogen and oxygen atoms in total. The fourth-order valence-corrected chi connectivity index (χ4v) is 5.28. The SMILES string of the molecule is CN(Cc1ccccc1)[C@H]1CC[C@]2(CCCO2)C[C@@H]1N1CCCC1. The van der Waals surface area contributed by atoms with Gasteiger partial charge in [-0.3, -0.25) is 9.80 Å². The van der Waals surface area contributed by atoms with Crippen LogP contribution < -0.4 is 0 Å². The maximum Gasteiger partial charge on any atom is 0.0699 e. The van der Waals surface area contributed by atoms with Crippen molar-refractivity contribution in [2.45, 2.75) is 69.2 Å². The van der Waals surface area contributed by atoms with Crippen LogP contribution in [0.2, 0.25) is 0 Å². The minimum atomic E-state index is 0.206. The Morgan fingerprint density at radius 1 is 1.12 bits per heavy atom. The summed E-state index contributed by atoms with van der Waals surface area (Å²) in [5.41, 5.74) is 1.63. The zero-order valence-electron chi connectivity index (χ0n) is 15.1. The van der Waals surface area contributed by atoms with Crippen LogP contribution >= 0.6 is 0 Å². The minimum Gasteiger partial charge on any atom is -0.375 e. The van der Waals surface area contributed by atoms with Gasteiger partial charge in [-0.25, -0.2) is 0 Å². The van der Waals surface area contributed by atoms with Gasteiger partial charge in [-0.1, -0.05) is 30.3 Å². The Hall–Kier alpha value is -0.900. The third-order valence-electron chi connectivity index (χ3n) is 6.56. The third-order valence-corrected chi connectivity index (χ3v) is 6.56. The van der Waals surface area contributed by atoms with Crippen molar-refractivity contribution in [3.05, 3.63) is 35.9 Å². The second-order valence-electron chi connectivity index (χ2n) is 8.16. The van der Waals surface area contributed by atoms with Crippen LogP contribution in [-0.4, -0.2) is 54.2 Å². The molecule has 0 bridgehead atoms. The van der Waals surface area contributed by atoms with Crippen LogP contribution in [0.3, 0.4) is 0 Å². The molecule has 3 aliphatic rings. The highest BCUT2D eigenvalue weighted by molar-refractivity contribution is 5.15. The Bertz CT molecular complexity index is 520. The van der Waals surface area contributed by atoms with E-state index < -0.39 is 0 Å². The smallest absolute Gasteiger partial charge is 0.0699 e. The first-order valence-corrected chi connectivity index (χ1v) is 9.88. The summed E-state index contributed by atoms with van der Waals surface area (Å²) in [7, 11) is 2.33. The Morgan fingerprint density at radius 2 is 1.92 bits per heavy atom. The molecule has 0 radical (unpaired) electrons. The van der Waals surface area contributed by atoms with Crippen molar-refractivity contribution in [3.63, 3.8) is 0 Å². The predicted octanol–water partition coefficient (Wildman–Crippen LogP) is 3.68. The molecule has 0 unspecified atom stereocenters. The fourth-order valence-electron chi connectivity index (χ4n) is 5.28. The molecule has 3 atom stereocenters. The van der Waals surface area contributed by atoms with Gasteiger partial charge in [0.2, 0.25) is 0 Å². The Labute approximate surface area is 147 Å². The molecule has 3 fully saturated rings. The molecule has 132 valence electrons. The lowest BCUT2D eigenvalue weighted by Crippen LogP contribution is -2.56. The van der Waals surface area contributed by atoms with Crippen LogP contribution in [0.5, 0.6) is 0 Å². The fraction of sp³-hybridized carbons (Fsp3) is 0.714. The lowest BCUT2D eigenvalue weighted by Gasteiger charge is -2.48. The number of hydrogen-bond donors (Lipinski definition) is 0. The van der Waals surface area contributed by atoms with E-state index >= 15 is 0 Å². The quantitative estimate of drug-likeness (QED) is 0.838. The van der Waals surface area contributed by atoms with E-state index in [9.17, 15) is 0 Å². The summed E-state index contributed by atoms with van der Waals surface area (Å²) in [6.45, 7) is 4.62. The van der Waals surface area contributed by atoms with Gasteiger partial charge in [0.05, 0.1) is 5.60 Å². The van der Waals surface area contributed by atoms with E-state index in [0.29, 0.717) is 12.1 Å². The van der Waals surface area contributed by atoms with Gasteiger partial charge in [0.25, 0.3) is 0 Å². The van der Waals surface area contributed by atoms with Crippen molar-refractivity contribution in [3.8, 4) is 0 Å². The van der Waals surface area contributed by atoms with Crippen molar-refractivity contribution in [1.82, 2.24) is 9.80 Å². The van der Waals surface area contributed by atoms with Crippen molar-refractivity contribution in [2.24, 2.45) is 0 Å². The molecule has 1 saturated carbocycles. The van der Waals surface area contributed by atoms with Gasteiger partial charge in [0.15, 0.2) is 0 Å². The maximum absolute atomic E-state index is 6.27. The summed E-state index contributed by atoms with van der Waals surface area (Å²) in [5, 5.41) is 0. The van der Waals surface area contributed by atoms with Crippen LogP contribution in [0.15, 0.2) is 30.3 Å². The first kappa shape index (κ1) is 16.6. The second kappa shape index (κ2) is 7.15. The molecule has 4 rings (SSSR count). The molecule has 2 saturated heterocycles. The van der Waals surface area contributed by atoms with E-state index in [0.717, 1.165) is 13.2 Å². The van der Waals surface area contributed by atoms with Gasteiger partial charge in [0, 0.05) is 25.2 Å². The van der Waals surface area contributed by atoms with Gasteiger partial charge < -0.3 is 4.74 Å². The predicted molar refractivity (Wildman–Crippen MR) is 98.1 cm³/mol.